The second-order valence-corrected chi connectivity index (χ2v) is 7.40. The number of nitrogens with one attached hydrogen (secondary N) is 1. The molecule has 0 fully saturated rings. The van der Waals surface area contributed by atoms with Gasteiger partial charge in [-0.3, -0.25) is 19.8 Å². The third-order valence-electron chi connectivity index (χ3n) is 3.69. The van der Waals surface area contributed by atoms with Gasteiger partial charge in [0.2, 0.25) is 0 Å². The third-order valence-corrected chi connectivity index (χ3v) is 5.08. The van der Waals surface area contributed by atoms with Crippen molar-refractivity contribution in [3.05, 3.63) is 94.3 Å². The average Bonchev–Trinajstić information content (AvgIpc) is 2.68. The number of halogens is 1. The van der Waals surface area contributed by atoms with Gasteiger partial charge in [0.15, 0.2) is 0 Å². The number of rotatable bonds is 6. The van der Waals surface area contributed by atoms with Crippen LogP contribution in [-0.4, -0.2) is 19.6 Å². The molecule has 0 atom stereocenters. The molecule has 0 bridgehead atoms. The molecule has 0 aromatic heterocycles. The van der Waals surface area contributed by atoms with Crippen molar-refractivity contribution in [1.82, 2.24) is 0 Å². The Morgan fingerprint density at radius 3 is 2.32 bits per heavy atom. The van der Waals surface area contributed by atoms with Crippen LogP contribution >= 0.6 is 0 Å². The summed E-state index contributed by atoms with van der Waals surface area (Å²) >= 11 is 0. The molecule has 0 aliphatic rings. The molecule has 9 heteroatoms. The van der Waals surface area contributed by atoms with Crippen LogP contribution in [0.15, 0.2) is 82.7 Å². The van der Waals surface area contributed by atoms with Crippen molar-refractivity contribution in [3.8, 4) is 0 Å². The summed E-state index contributed by atoms with van der Waals surface area (Å²) in [5.41, 5.74) is 1.22. The molecule has 142 valence electrons. The lowest BCUT2D eigenvalue weighted by Gasteiger charge is -2.08. The molecule has 3 rings (SSSR count). The molecule has 0 amide bonds. The average molecular weight is 399 g/mol. The van der Waals surface area contributed by atoms with E-state index < -0.39 is 20.8 Å². The molecule has 3 aromatic rings. The van der Waals surface area contributed by atoms with Crippen molar-refractivity contribution >= 4 is 33.3 Å². The Morgan fingerprint density at radius 1 is 1.00 bits per heavy atom. The number of nitro benzene ring substituents is 1. The second-order valence-electron chi connectivity index (χ2n) is 5.72. The first kappa shape index (κ1) is 19.2. The smallest absolute Gasteiger partial charge is 0.270 e. The highest BCUT2D eigenvalue weighted by Crippen LogP contribution is 2.20. The summed E-state index contributed by atoms with van der Waals surface area (Å²) in [6.07, 6.45) is 1.45. The number of hydrogen-bond donors (Lipinski definition) is 1. The third kappa shape index (κ3) is 4.77. The zero-order valence-electron chi connectivity index (χ0n) is 14.3. The second kappa shape index (κ2) is 7.97. The van der Waals surface area contributed by atoms with Crippen LogP contribution in [-0.2, 0) is 10.0 Å². The first-order valence-electron chi connectivity index (χ1n) is 8.00. The number of anilines is 1. The quantitative estimate of drug-likeness (QED) is 0.380. The number of nitro groups is 1. The van der Waals surface area contributed by atoms with Gasteiger partial charge in [0.1, 0.15) is 5.82 Å². The molecule has 7 nitrogen and oxygen atoms in total. The van der Waals surface area contributed by atoms with Crippen LogP contribution < -0.4 is 4.72 Å². The standard InChI is InChI=1S/C19H14FN3O4S/c20-15-4-6-17(7-5-15)22-28(26,27)19-10-8-16(9-11-19)21-13-14-2-1-3-18(12-14)23(24)25/h1-13,22H. The molecule has 0 unspecified atom stereocenters. The normalized spacial score (nSPS) is 11.5. The van der Waals surface area contributed by atoms with Gasteiger partial charge in [-0.2, -0.15) is 0 Å². The highest BCUT2D eigenvalue weighted by molar-refractivity contribution is 7.92. The van der Waals surface area contributed by atoms with Crippen LogP contribution in [0.5, 0.6) is 0 Å². The minimum absolute atomic E-state index is 0.0196. The lowest BCUT2D eigenvalue weighted by atomic mass is 10.2. The predicted molar refractivity (Wildman–Crippen MR) is 104 cm³/mol. The van der Waals surface area contributed by atoms with Crippen LogP contribution in [0.4, 0.5) is 21.5 Å². The van der Waals surface area contributed by atoms with E-state index in [1.807, 2.05) is 0 Å². The van der Waals surface area contributed by atoms with E-state index in [1.165, 1.54) is 54.7 Å². The zero-order valence-corrected chi connectivity index (χ0v) is 15.1. The fourth-order valence-corrected chi connectivity index (χ4v) is 3.37. The number of sulfonamides is 1. The van der Waals surface area contributed by atoms with Gasteiger partial charge in [0.25, 0.3) is 15.7 Å². The SMILES string of the molecule is O=[N+]([O-])c1cccc(C=Nc2ccc(S(=O)(=O)Nc3ccc(F)cc3)cc2)c1. The largest absolute Gasteiger partial charge is 0.280 e. The Kier molecular flexibility index (Phi) is 5.46. The topological polar surface area (TPSA) is 102 Å². The van der Waals surface area contributed by atoms with E-state index in [-0.39, 0.29) is 16.3 Å². The summed E-state index contributed by atoms with van der Waals surface area (Å²) in [5, 5.41) is 10.8. The van der Waals surface area contributed by atoms with Crippen LogP contribution in [0.3, 0.4) is 0 Å². The monoisotopic (exact) mass is 399 g/mol. The minimum Gasteiger partial charge on any atom is -0.280 e. The van der Waals surface area contributed by atoms with Gasteiger partial charge in [-0.05, 0) is 54.1 Å². The van der Waals surface area contributed by atoms with Crippen LogP contribution in [0, 0.1) is 15.9 Å². The van der Waals surface area contributed by atoms with Crippen molar-refractivity contribution in [3.63, 3.8) is 0 Å². The van der Waals surface area contributed by atoms with E-state index >= 15 is 0 Å². The van der Waals surface area contributed by atoms with Gasteiger partial charge < -0.3 is 0 Å². The molecule has 28 heavy (non-hydrogen) atoms. The first-order chi connectivity index (χ1) is 13.3. The Morgan fingerprint density at radius 2 is 1.68 bits per heavy atom. The molecule has 0 saturated heterocycles. The number of nitrogens with zero attached hydrogens (tertiary/aromatic N) is 2. The zero-order chi connectivity index (χ0) is 20.1. The molecule has 1 N–H and O–H groups in total. The molecule has 0 aliphatic carbocycles. The van der Waals surface area contributed by atoms with Gasteiger partial charge in [0, 0.05) is 24.0 Å². The van der Waals surface area contributed by atoms with Gasteiger partial charge in [-0.25, -0.2) is 12.8 Å². The van der Waals surface area contributed by atoms with Gasteiger partial charge in [-0.15, -0.1) is 0 Å². The maximum Gasteiger partial charge on any atom is 0.270 e. The van der Waals surface area contributed by atoms with E-state index in [0.29, 0.717) is 11.3 Å². The predicted octanol–water partition coefficient (Wildman–Crippen LogP) is 4.29. The van der Waals surface area contributed by atoms with E-state index in [9.17, 15) is 22.9 Å². The van der Waals surface area contributed by atoms with E-state index in [4.69, 9.17) is 0 Å². The van der Waals surface area contributed by atoms with E-state index in [0.717, 1.165) is 12.1 Å². The number of hydrogen-bond acceptors (Lipinski definition) is 5. The molecule has 0 saturated carbocycles. The Labute approximate surface area is 160 Å². The summed E-state index contributed by atoms with van der Waals surface area (Å²) in [5.74, 6) is -0.464. The highest BCUT2D eigenvalue weighted by atomic mass is 32.2. The van der Waals surface area contributed by atoms with Crippen molar-refractivity contribution in [2.45, 2.75) is 4.90 Å². The number of non-ortho nitro benzene ring substituents is 1. The summed E-state index contributed by atoms with van der Waals surface area (Å²) in [7, 11) is -3.82. The van der Waals surface area contributed by atoms with Crippen molar-refractivity contribution in [2.75, 3.05) is 4.72 Å². The fourth-order valence-electron chi connectivity index (χ4n) is 2.31. The first-order valence-corrected chi connectivity index (χ1v) is 9.49. The van der Waals surface area contributed by atoms with E-state index in [2.05, 4.69) is 9.71 Å². The number of benzene rings is 3. The fraction of sp³-hybridized carbons (Fsp3) is 0. The maximum atomic E-state index is 12.9. The molecule has 3 aromatic carbocycles. The Balaban J connectivity index is 1.74. The molecule has 0 aliphatic heterocycles. The lowest BCUT2D eigenvalue weighted by Crippen LogP contribution is -2.12. The van der Waals surface area contributed by atoms with Crippen LogP contribution in [0.25, 0.3) is 0 Å². The summed E-state index contributed by atoms with van der Waals surface area (Å²) in [4.78, 5) is 14.5. The van der Waals surface area contributed by atoms with E-state index in [1.54, 1.807) is 12.1 Å². The van der Waals surface area contributed by atoms with Gasteiger partial charge in [0.05, 0.1) is 15.5 Å². The summed E-state index contributed by atoms with van der Waals surface area (Å²) in [6.45, 7) is 0. The van der Waals surface area contributed by atoms with Crippen molar-refractivity contribution in [2.24, 2.45) is 4.99 Å². The molecule has 0 spiro atoms. The molecule has 0 heterocycles. The highest BCUT2D eigenvalue weighted by Gasteiger charge is 2.14. The Hall–Kier alpha value is -3.59. The summed E-state index contributed by atoms with van der Waals surface area (Å²) in [6, 6.07) is 16.7. The molecule has 0 radical (unpaired) electrons. The Bertz CT molecular complexity index is 1130. The van der Waals surface area contributed by atoms with Crippen molar-refractivity contribution < 1.29 is 17.7 Å². The minimum atomic E-state index is -3.82. The van der Waals surface area contributed by atoms with Crippen LogP contribution in [0.2, 0.25) is 0 Å². The van der Waals surface area contributed by atoms with Gasteiger partial charge in [-0.1, -0.05) is 12.1 Å². The maximum absolute atomic E-state index is 12.9. The lowest BCUT2D eigenvalue weighted by molar-refractivity contribution is -0.384. The van der Waals surface area contributed by atoms with Gasteiger partial charge >= 0.3 is 0 Å². The summed E-state index contributed by atoms with van der Waals surface area (Å²) < 4.78 is 40.0. The van der Waals surface area contributed by atoms with Crippen LogP contribution in [0.1, 0.15) is 5.56 Å². The number of aliphatic imine (C=N–C) groups is 1. The molecular weight excluding hydrogens is 385 g/mol. The molecular formula is C19H14FN3O4S. The van der Waals surface area contributed by atoms with Crippen molar-refractivity contribution in [1.29, 1.82) is 0 Å².